The summed E-state index contributed by atoms with van der Waals surface area (Å²) in [6, 6.07) is 2.15. The van der Waals surface area contributed by atoms with Crippen LogP contribution in [0.2, 0.25) is 0 Å². The van der Waals surface area contributed by atoms with E-state index in [-0.39, 0.29) is 3.27 Å². The Balaban J connectivity index is 3.34. The fourth-order valence-corrected chi connectivity index (χ4v) is 1.00. The molecule has 4 heteroatoms. The summed E-state index contributed by atoms with van der Waals surface area (Å²) in [7, 11) is 0. The quantitative estimate of drug-likeness (QED) is 0.580. The first-order valence-corrected chi connectivity index (χ1v) is 3.71. The van der Waals surface area contributed by atoms with Crippen molar-refractivity contribution < 1.29 is 37.9 Å². The van der Waals surface area contributed by atoms with Gasteiger partial charge in [-0.05, 0) is 0 Å². The van der Waals surface area contributed by atoms with E-state index in [0.29, 0.717) is 0 Å². The van der Waals surface area contributed by atoms with E-state index in [1.165, 1.54) is 6.07 Å². The van der Waals surface area contributed by atoms with Crippen molar-refractivity contribution in [2.45, 2.75) is 0 Å². The molecule has 0 fully saturated rings. The second-order valence-electron chi connectivity index (χ2n) is 1.72. The first-order chi connectivity index (χ1) is 4.63. The molecule has 0 nitrogen and oxygen atoms in total. The van der Waals surface area contributed by atoms with E-state index in [2.05, 4.69) is 0 Å². The van der Waals surface area contributed by atoms with E-state index in [4.69, 9.17) is 0 Å². The molecule has 0 saturated carbocycles. The van der Waals surface area contributed by atoms with E-state index in [0.717, 1.165) is 30.8 Å². The second-order valence-corrected chi connectivity index (χ2v) is 3.05. The molecule has 0 atom stereocenters. The van der Waals surface area contributed by atoms with Gasteiger partial charge >= 0.3 is 70.7 Å². The van der Waals surface area contributed by atoms with Gasteiger partial charge in [-0.3, -0.25) is 0 Å². The number of benzene rings is 1. The van der Waals surface area contributed by atoms with Crippen LogP contribution in [0.4, 0.5) is 13.2 Å². The van der Waals surface area contributed by atoms with Crippen LogP contribution >= 0.6 is 0 Å². The molecule has 51 valence electrons. The zero-order valence-electron chi connectivity index (χ0n) is 4.79. The van der Waals surface area contributed by atoms with Crippen LogP contribution in [-0.4, -0.2) is 0 Å². The first-order valence-electron chi connectivity index (χ1n) is 2.48. The summed E-state index contributed by atoms with van der Waals surface area (Å²) < 4.78 is 37.0. The third kappa shape index (κ3) is 1.31. The van der Waals surface area contributed by atoms with Crippen molar-refractivity contribution in [2.24, 2.45) is 0 Å². The van der Waals surface area contributed by atoms with Gasteiger partial charge in [0.15, 0.2) is 0 Å². The van der Waals surface area contributed by atoms with Gasteiger partial charge in [0.1, 0.15) is 0 Å². The molecule has 0 aliphatic rings. The van der Waals surface area contributed by atoms with Gasteiger partial charge in [-0.25, -0.2) is 0 Å². The molecule has 0 spiro atoms. The van der Waals surface area contributed by atoms with Crippen LogP contribution in [0.25, 0.3) is 0 Å². The molecule has 0 amide bonds. The predicted octanol–water partition coefficient (Wildman–Crippen LogP) is 1.28. The summed E-state index contributed by atoms with van der Waals surface area (Å²) in [4.78, 5) is 0. The van der Waals surface area contributed by atoms with Crippen LogP contribution in [0.1, 0.15) is 0 Å². The van der Waals surface area contributed by atoms with Crippen molar-refractivity contribution in [1.82, 2.24) is 0 Å². The molecule has 0 aromatic heterocycles. The van der Waals surface area contributed by atoms with E-state index < -0.39 is 17.5 Å². The molecule has 0 radical (unpaired) electrons. The molecule has 0 unspecified atom stereocenters. The monoisotopic (exact) mass is 221 g/mol. The van der Waals surface area contributed by atoms with Gasteiger partial charge in [-0.15, -0.1) is 0 Å². The summed E-state index contributed by atoms with van der Waals surface area (Å²) >= 11 is 0.737. The van der Waals surface area contributed by atoms with Crippen LogP contribution in [-0.2, 0) is 24.7 Å². The SMILES string of the molecule is Fc1cc[c]([Zr])c(F)c1F. The fraction of sp³-hybridized carbons (Fsp3) is 0. The van der Waals surface area contributed by atoms with Crippen LogP contribution in [0, 0.1) is 17.5 Å². The van der Waals surface area contributed by atoms with Gasteiger partial charge in [0.25, 0.3) is 0 Å². The molecular weight excluding hydrogens is 220 g/mol. The molecule has 0 saturated heterocycles. The summed E-state index contributed by atoms with van der Waals surface area (Å²) in [5.41, 5.74) is 0. The van der Waals surface area contributed by atoms with Crippen molar-refractivity contribution in [1.29, 1.82) is 0 Å². The molecule has 0 aliphatic carbocycles. The molecule has 0 N–H and O–H groups in total. The van der Waals surface area contributed by atoms with Crippen molar-refractivity contribution in [3.05, 3.63) is 29.6 Å². The van der Waals surface area contributed by atoms with Crippen LogP contribution in [0.15, 0.2) is 12.1 Å². The predicted molar refractivity (Wildman–Crippen MR) is 25.9 cm³/mol. The zero-order valence-corrected chi connectivity index (χ0v) is 7.25. The Kier molecular flexibility index (Phi) is 2.29. The average molecular weight is 222 g/mol. The first kappa shape index (κ1) is 7.99. The van der Waals surface area contributed by atoms with Gasteiger partial charge in [-0.1, -0.05) is 0 Å². The second kappa shape index (κ2) is 2.87. The topological polar surface area (TPSA) is 0 Å². The number of halogens is 3. The Morgan fingerprint density at radius 1 is 1.00 bits per heavy atom. The third-order valence-electron chi connectivity index (χ3n) is 1.04. The van der Waals surface area contributed by atoms with E-state index >= 15 is 0 Å². The maximum absolute atomic E-state index is 12.4. The minimum absolute atomic E-state index is 0.200. The zero-order chi connectivity index (χ0) is 7.72. The summed E-state index contributed by atoms with van der Waals surface area (Å²) in [6.07, 6.45) is 0. The van der Waals surface area contributed by atoms with E-state index in [9.17, 15) is 13.2 Å². The normalized spacial score (nSPS) is 9.80. The van der Waals surface area contributed by atoms with E-state index in [1.54, 1.807) is 0 Å². The average Bonchev–Trinajstić information content (AvgIpc) is 1.93. The van der Waals surface area contributed by atoms with Gasteiger partial charge < -0.3 is 0 Å². The van der Waals surface area contributed by atoms with Gasteiger partial charge in [0.05, 0.1) is 0 Å². The standard InChI is InChI=1S/C6H2F3.Zr/c7-4-2-1-3-5(8)6(4)9;/h1-2H;. The van der Waals surface area contributed by atoms with Gasteiger partial charge in [0.2, 0.25) is 0 Å². The number of hydrogen-bond acceptors (Lipinski definition) is 0. The molecule has 0 bridgehead atoms. The molecule has 1 aromatic carbocycles. The van der Waals surface area contributed by atoms with E-state index in [1.807, 2.05) is 0 Å². The fourth-order valence-electron chi connectivity index (χ4n) is 0.526. The van der Waals surface area contributed by atoms with Crippen LogP contribution in [0.3, 0.4) is 0 Å². The Morgan fingerprint density at radius 2 is 1.60 bits per heavy atom. The van der Waals surface area contributed by atoms with Crippen LogP contribution in [0.5, 0.6) is 0 Å². The van der Waals surface area contributed by atoms with Crippen molar-refractivity contribution in [2.75, 3.05) is 0 Å². The molecule has 1 rings (SSSR count). The Morgan fingerprint density at radius 3 is 2.10 bits per heavy atom. The Labute approximate surface area is 70.9 Å². The molecule has 10 heavy (non-hydrogen) atoms. The Bertz CT molecular complexity index is 232. The minimum atomic E-state index is -1.38. The van der Waals surface area contributed by atoms with Gasteiger partial charge in [0, 0.05) is 0 Å². The summed E-state index contributed by atoms with van der Waals surface area (Å²) in [6.45, 7) is 0. The molecule has 0 heterocycles. The number of rotatable bonds is 0. The van der Waals surface area contributed by atoms with Gasteiger partial charge in [-0.2, -0.15) is 0 Å². The van der Waals surface area contributed by atoms with Crippen LogP contribution < -0.4 is 3.27 Å². The molecule has 1 aromatic rings. The van der Waals surface area contributed by atoms with Crippen molar-refractivity contribution >= 4 is 3.27 Å². The molecular formula is C6H2F3Zr. The number of hydrogen-bond donors (Lipinski definition) is 0. The third-order valence-corrected chi connectivity index (χ3v) is 1.98. The van der Waals surface area contributed by atoms with Crippen molar-refractivity contribution in [3.8, 4) is 0 Å². The summed E-state index contributed by atoms with van der Waals surface area (Å²) in [5.74, 6) is -3.59. The molecule has 0 aliphatic heterocycles. The Hall–Kier alpha value is -0.107. The van der Waals surface area contributed by atoms with Crippen molar-refractivity contribution in [3.63, 3.8) is 0 Å². The maximum atomic E-state index is 12.4. The summed E-state index contributed by atoms with van der Waals surface area (Å²) in [5, 5.41) is 0.